The van der Waals surface area contributed by atoms with Crippen LogP contribution in [-0.2, 0) is 6.54 Å². The van der Waals surface area contributed by atoms with Crippen molar-refractivity contribution < 1.29 is 0 Å². The Labute approximate surface area is 110 Å². The summed E-state index contributed by atoms with van der Waals surface area (Å²) in [6.45, 7) is 0.731. The number of benzene rings is 1. The van der Waals surface area contributed by atoms with Crippen LogP contribution in [0.3, 0.4) is 0 Å². The van der Waals surface area contributed by atoms with Gasteiger partial charge in [-0.3, -0.25) is 4.68 Å². The smallest absolute Gasteiger partial charge is 0.134 e. The van der Waals surface area contributed by atoms with Crippen LogP contribution in [-0.4, -0.2) is 19.7 Å². The van der Waals surface area contributed by atoms with Crippen molar-refractivity contribution in [3.8, 4) is 11.1 Å². The van der Waals surface area contributed by atoms with E-state index in [2.05, 4.69) is 27.2 Å². The number of nitrogen functional groups attached to an aromatic ring is 1. The van der Waals surface area contributed by atoms with Gasteiger partial charge in [0.05, 0.1) is 12.7 Å². The molecule has 0 saturated carbocycles. The summed E-state index contributed by atoms with van der Waals surface area (Å²) in [5.41, 5.74) is 8.76. The highest BCUT2D eigenvalue weighted by Gasteiger charge is 2.06. The third-order valence-corrected chi connectivity index (χ3v) is 2.87. The lowest BCUT2D eigenvalue weighted by atomic mass is 10.2. The molecule has 3 aromatic rings. The van der Waals surface area contributed by atoms with Crippen LogP contribution in [0.25, 0.3) is 11.1 Å². The maximum Gasteiger partial charge on any atom is 0.134 e. The van der Waals surface area contributed by atoms with E-state index >= 15 is 0 Å². The lowest BCUT2D eigenvalue weighted by Gasteiger charge is -2.01. The second-order valence-corrected chi connectivity index (χ2v) is 4.23. The van der Waals surface area contributed by atoms with Gasteiger partial charge in [0.1, 0.15) is 12.1 Å². The predicted molar refractivity (Wildman–Crippen MR) is 73.2 cm³/mol. The van der Waals surface area contributed by atoms with Gasteiger partial charge < -0.3 is 5.73 Å². The number of hydrogen-bond acceptors (Lipinski definition) is 4. The number of rotatable bonds is 3. The molecule has 0 unspecified atom stereocenters. The van der Waals surface area contributed by atoms with Gasteiger partial charge in [-0.2, -0.15) is 5.10 Å². The standard InChI is InChI=1S/C14H13N5/c15-14-13(7-16-10-17-14)12-6-18-19(9-12)8-11-4-2-1-3-5-11/h1-7,9-10H,8H2,(H2,15,16,17). The number of anilines is 1. The molecular weight excluding hydrogens is 238 g/mol. The van der Waals surface area contributed by atoms with Gasteiger partial charge in [-0.15, -0.1) is 0 Å². The molecule has 0 radical (unpaired) electrons. The first-order chi connectivity index (χ1) is 9.33. The van der Waals surface area contributed by atoms with Crippen molar-refractivity contribution in [2.75, 3.05) is 5.73 Å². The summed E-state index contributed by atoms with van der Waals surface area (Å²) < 4.78 is 1.87. The van der Waals surface area contributed by atoms with E-state index in [1.54, 1.807) is 12.4 Å². The van der Waals surface area contributed by atoms with Crippen LogP contribution in [0.15, 0.2) is 55.2 Å². The second-order valence-electron chi connectivity index (χ2n) is 4.23. The average Bonchev–Trinajstić information content (AvgIpc) is 2.89. The monoisotopic (exact) mass is 251 g/mol. The topological polar surface area (TPSA) is 69.6 Å². The van der Waals surface area contributed by atoms with E-state index in [-0.39, 0.29) is 0 Å². The van der Waals surface area contributed by atoms with Gasteiger partial charge in [0.2, 0.25) is 0 Å². The van der Waals surface area contributed by atoms with Crippen molar-refractivity contribution in [1.29, 1.82) is 0 Å². The zero-order valence-corrected chi connectivity index (χ0v) is 10.3. The Morgan fingerprint density at radius 1 is 1.11 bits per heavy atom. The first-order valence-electron chi connectivity index (χ1n) is 5.95. The molecule has 5 nitrogen and oxygen atoms in total. The lowest BCUT2D eigenvalue weighted by molar-refractivity contribution is 0.687. The summed E-state index contributed by atoms with van der Waals surface area (Å²) in [5.74, 6) is 0.467. The van der Waals surface area contributed by atoms with Crippen LogP contribution in [0.4, 0.5) is 5.82 Å². The molecule has 5 heteroatoms. The molecule has 19 heavy (non-hydrogen) atoms. The van der Waals surface area contributed by atoms with Gasteiger partial charge in [0.15, 0.2) is 0 Å². The molecule has 3 rings (SSSR count). The van der Waals surface area contributed by atoms with Crippen molar-refractivity contribution >= 4 is 5.82 Å². The molecule has 0 aliphatic carbocycles. The van der Waals surface area contributed by atoms with Crippen LogP contribution < -0.4 is 5.73 Å². The largest absolute Gasteiger partial charge is 0.383 e. The molecule has 0 aliphatic heterocycles. The van der Waals surface area contributed by atoms with Crippen molar-refractivity contribution in [3.63, 3.8) is 0 Å². The maximum absolute atomic E-state index is 5.83. The average molecular weight is 251 g/mol. The molecule has 2 heterocycles. The van der Waals surface area contributed by atoms with Gasteiger partial charge in [-0.1, -0.05) is 30.3 Å². The molecule has 0 atom stereocenters. The first kappa shape index (κ1) is 11.4. The molecule has 0 amide bonds. The molecule has 2 aromatic heterocycles. The molecule has 2 N–H and O–H groups in total. The Morgan fingerprint density at radius 2 is 1.95 bits per heavy atom. The molecule has 0 spiro atoms. The second kappa shape index (κ2) is 4.89. The Hall–Kier alpha value is -2.69. The van der Waals surface area contributed by atoms with E-state index in [1.165, 1.54) is 11.9 Å². The number of aromatic nitrogens is 4. The summed E-state index contributed by atoms with van der Waals surface area (Å²) in [6.07, 6.45) is 6.86. The fraction of sp³-hybridized carbons (Fsp3) is 0.0714. The highest BCUT2D eigenvalue weighted by atomic mass is 15.3. The van der Waals surface area contributed by atoms with Gasteiger partial charge in [-0.25, -0.2) is 9.97 Å². The van der Waals surface area contributed by atoms with Crippen molar-refractivity contribution in [2.24, 2.45) is 0 Å². The van der Waals surface area contributed by atoms with Crippen molar-refractivity contribution in [3.05, 3.63) is 60.8 Å². The highest BCUT2D eigenvalue weighted by Crippen LogP contribution is 2.22. The molecule has 0 fully saturated rings. The minimum atomic E-state index is 0.467. The highest BCUT2D eigenvalue weighted by molar-refractivity contribution is 5.71. The number of hydrogen-bond donors (Lipinski definition) is 1. The van der Waals surface area contributed by atoms with Crippen molar-refractivity contribution in [1.82, 2.24) is 19.7 Å². The van der Waals surface area contributed by atoms with E-state index in [0.29, 0.717) is 5.82 Å². The Morgan fingerprint density at radius 3 is 2.74 bits per heavy atom. The Balaban J connectivity index is 1.86. The predicted octanol–water partition coefficient (Wildman–Crippen LogP) is 1.97. The van der Waals surface area contributed by atoms with E-state index in [4.69, 9.17) is 5.73 Å². The zero-order chi connectivity index (χ0) is 13.1. The van der Waals surface area contributed by atoms with Gasteiger partial charge in [-0.05, 0) is 5.56 Å². The minimum absolute atomic E-state index is 0.467. The third-order valence-electron chi connectivity index (χ3n) is 2.87. The van der Waals surface area contributed by atoms with Crippen LogP contribution in [0.5, 0.6) is 0 Å². The van der Waals surface area contributed by atoms with E-state index in [1.807, 2.05) is 29.1 Å². The van der Waals surface area contributed by atoms with Crippen LogP contribution in [0.2, 0.25) is 0 Å². The molecule has 94 valence electrons. The SMILES string of the molecule is Nc1ncncc1-c1cnn(Cc2ccccc2)c1. The van der Waals surface area contributed by atoms with Crippen LogP contribution in [0.1, 0.15) is 5.56 Å². The van der Waals surface area contributed by atoms with Gasteiger partial charge in [0.25, 0.3) is 0 Å². The molecule has 0 saturated heterocycles. The lowest BCUT2D eigenvalue weighted by Crippen LogP contribution is -1.99. The Bertz CT molecular complexity index is 675. The van der Waals surface area contributed by atoms with E-state index < -0.39 is 0 Å². The van der Waals surface area contributed by atoms with Gasteiger partial charge in [0, 0.05) is 23.5 Å². The minimum Gasteiger partial charge on any atom is -0.383 e. The summed E-state index contributed by atoms with van der Waals surface area (Å²) in [6, 6.07) is 10.2. The fourth-order valence-corrected chi connectivity index (χ4v) is 1.92. The van der Waals surface area contributed by atoms with Crippen LogP contribution >= 0.6 is 0 Å². The third kappa shape index (κ3) is 2.44. The summed E-state index contributed by atoms with van der Waals surface area (Å²) in [7, 11) is 0. The Kier molecular flexibility index (Phi) is 2.94. The maximum atomic E-state index is 5.83. The molecule has 0 aliphatic rings. The van der Waals surface area contributed by atoms with E-state index in [9.17, 15) is 0 Å². The molecule has 1 aromatic carbocycles. The normalized spacial score (nSPS) is 10.5. The molecule has 0 bridgehead atoms. The number of nitrogens with two attached hydrogens (primary N) is 1. The summed E-state index contributed by atoms with van der Waals surface area (Å²) in [5, 5.41) is 4.33. The first-order valence-corrected chi connectivity index (χ1v) is 5.95. The number of nitrogens with zero attached hydrogens (tertiary/aromatic N) is 4. The zero-order valence-electron chi connectivity index (χ0n) is 10.3. The summed E-state index contributed by atoms with van der Waals surface area (Å²) >= 11 is 0. The van der Waals surface area contributed by atoms with Crippen molar-refractivity contribution in [2.45, 2.75) is 6.54 Å². The summed E-state index contributed by atoms with van der Waals surface area (Å²) in [4.78, 5) is 7.97. The van der Waals surface area contributed by atoms with E-state index in [0.717, 1.165) is 17.7 Å². The quantitative estimate of drug-likeness (QED) is 0.772. The van der Waals surface area contributed by atoms with Gasteiger partial charge >= 0.3 is 0 Å². The fourth-order valence-electron chi connectivity index (χ4n) is 1.92. The van der Waals surface area contributed by atoms with Crippen LogP contribution in [0, 0.1) is 0 Å². The molecular formula is C14H13N5.